The van der Waals surface area contributed by atoms with Gasteiger partial charge in [-0.3, -0.25) is 4.79 Å². The average molecular weight is 446 g/mol. The quantitative estimate of drug-likeness (QED) is 0.664. The van der Waals surface area contributed by atoms with Gasteiger partial charge in [0.15, 0.2) is 0 Å². The van der Waals surface area contributed by atoms with E-state index in [-0.39, 0.29) is 23.8 Å². The van der Waals surface area contributed by atoms with E-state index in [2.05, 4.69) is 10.6 Å². The predicted molar refractivity (Wildman–Crippen MR) is 122 cm³/mol. The molecule has 8 heteroatoms. The number of carbonyl (C=O) groups is 2. The van der Waals surface area contributed by atoms with E-state index < -0.39 is 0 Å². The number of carbonyl (C=O) groups excluding carboxylic acids is 2. The molecule has 2 N–H and O–H groups in total. The molecule has 7 nitrogen and oxygen atoms in total. The standard InChI is InChI=1S/C23H28ClN3O4/c1-15(22(28)26-20-9-8-19(30-2)14-21(20)31-3)16-10-12-27(13-11-16)23(29)25-18-6-4-17(24)5-7-18/h4-9,14-16H,10-13H2,1-3H3,(H,25,29)(H,26,28). The van der Waals surface area contributed by atoms with Crippen LogP contribution in [0.25, 0.3) is 0 Å². The number of hydrogen-bond donors (Lipinski definition) is 2. The minimum Gasteiger partial charge on any atom is -0.497 e. The second-order valence-corrected chi connectivity index (χ2v) is 8.04. The molecule has 1 heterocycles. The van der Waals surface area contributed by atoms with Gasteiger partial charge in [-0.15, -0.1) is 0 Å². The van der Waals surface area contributed by atoms with Gasteiger partial charge in [-0.25, -0.2) is 4.79 Å². The van der Waals surface area contributed by atoms with Gasteiger partial charge in [0.05, 0.1) is 19.9 Å². The first-order chi connectivity index (χ1) is 14.9. The summed E-state index contributed by atoms with van der Waals surface area (Å²) in [6.45, 7) is 3.14. The van der Waals surface area contributed by atoms with Gasteiger partial charge in [0, 0.05) is 35.8 Å². The number of amides is 3. The molecule has 1 saturated heterocycles. The Kier molecular flexibility index (Phi) is 7.63. The van der Waals surface area contributed by atoms with E-state index in [0.29, 0.717) is 41.0 Å². The lowest BCUT2D eigenvalue weighted by Crippen LogP contribution is -2.43. The van der Waals surface area contributed by atoms with Crippen LogP contribution in [0.5, 0.6) is 11.5 Å². The van der Waals surface area contributed by atoms with Crippen LogP contribution in [0.15, 0.2) is 42.5 Å². The van der Waals surface area contributed by atoms with Crippen molar-refractivity contribution < 1.29 is 19.1 Å². The fourth-order valence-corrected chi connectivity index (χ4v) is 3.83. The Morgan fingerprint density at radius 2 is 1.71 bits per heavy atom. The molecule has 0 bridgehead atoms. The van der Waals surface area contributed by atoms with E-state index in [1.54, 1.807) is 61.6 Å². The summed E-state index contributed by atoms with van der Waals surface area (Å²) in [5, 5.41) is 6.47. The molecular weight excluding hydrogens is 418 g/mol. The third-order valence-electron chi connectivity index (χ3n) is 5.71. The average Bonchev–Trinajstić information content (AvgIpc) is 2.80. The Morgan fingerprint density at radius 1 is 1.03 bits per heavy atom. The van der Waals surface area contributed by atoms with Crippen LogP contribution in [-0.2, 0) is 4.79 Å². The number of piperidine rings is 1. The van der Waals surface area contributed by atoms with Gasteiger partial charge in [-0.2, -0.15) is 0 Å². The SMILES string of the molecule is COc1ccc(NC(=O)C(C)C2CCN(C(=O)Nc3ccc(Cl)cc3)CC2)c(OC)c1. The normalized spacial score (nSPS) is 15.2. The van der Waals surface area contributed by atoms with Gasteiger partial charge in [-0.05, 0) is 55.2 Å². The number of nitrogens with one attached hydrogen (secondary N) is 2. The topological polar surface area (TPSA) is 79.9 Å². The molecule has 0 aliphatic carbocycles. The van der Waals surface area contributed by atoms with Crippen molar-refractivity contribution >= 4 is 34.9 Å². The van der Waals surface area contributed by atoms with E-state index in [4.69, 9.17) is 21.1 Å². The highest BCUT2D eigenvalue weighted by atomic mass is 35.5. The van der Waals surface area contributed by atoms with Crippen LogP contribution < -0.4 is 20.1 Å². The molecule has 2 aromatic rings. The second kappa shape index (κ2) is 10.4. The number of rotatable bonds is 6. The zero-order valence-electron chi connectivity index (χ0n) is 18.0. The molecule has 3 amide bonds. The summed E-state index contributed by atoms with van der Waals surface area (Å²) in [5.41, 5.74) is 1.32. The molecule has 31 heavy (non-hydrogen) atoms. The van der Waals surface area contributed by atoms with Crippen LogP contribution in [0.2, 0.25) is 5.02 Å². The van der Waals surface area contributed by atoms with E-state index in [1.165, 1.54) is 0 Å². The van der Waals surface area contributed by atoms with Crippen molar-refractivity contribution in [2.24, 2.45) is 11.8 Å². The largest absolute Gasteiger partial charge is 0.497 e. The fourth-order valence-electron chi connectivity index (χ4n) is 3.70. The smallest absolute Gasteiger partial charge is 0.321 e. The van der Waals surface area contributed by atoms with E-state index in [9.17, 15) is 9.59 Å². The molecule has 0 saturated carbocycles. The molecular formula is C23H28ClN3O4. The molecule has 166 valence electrons. The van der Waals surface area contributed by atoms with Gasteiger partial charge in [-0.1, -0.05) is 18.5 Å². The molecule has 0 aromatic heterocycles. The number of urea groups is 1. The minimum absolute atomic E-state index is 0.0625. The maximum atomic E-state index is 12.8. The van der Waals surface area contributed by atoms with Crippen molar-refractivity contribution in [3.8, 4) is 11.5 Å². The molecule has 1 aliphatic rings. The Balaban J connectivity index is 1.52. The minimum atomic E-state index is -0.187. The highest BCUT2D eigenvalue weighted by Crippen LogP contribution is 2.31. The number of hydrogen-bond acceptors (Lipinski definition) is 4. The van der Waals surface area contributed by atoms with Crippen LogP contribution in [0, 0.1) is 11.8 Å². The van der Waals surface area contributed by atoms with E-state index >= 15 is 0 Å². The summed E-state index contributed by atoms with van der Waals surface area (Å²) < 4.78 is 10.6. The predicted octanol–water partition coefficient (Wildman–Crippen LogP) is 4.88. The van der Waals surface area contributed by atoms with Crippen molar-refractivity contribution in [1.29, 1.82) is 0 Å². The van der Waals surface area contributed by atoms with E-state index in [0.717, 1.165) is 12.8 Å². The number of ether oxygens (including phenoxy) is 2. The first-order valence-corrected chi connectivity index (χ1v) is 10.6. The summed E-state index contributed by atoms with van der Waals surface area (Å²) in [4.78, 5) is 27.1. The summed E-state index contributed by atoms with van der Waals surface area (Å²) >= 11 is 5.88. The van der Waals surface area contributed by atoms with Gasteiger partial charge in [0.2, 0.25) is 5.91 Å². The Hall–Kier alpha value is -2.93. The third kappa shape index (κ3) is 5.82. The monoisotopic (exact) mass is 445 g/mol. The molecule has 0 radical (unpaired) electrons. The number of anilines is 2. The lowest BCUT2D eigenvalue weighted by atomic mass is 9.85. The van der Waals surface area contributed by atoms with Gasteiger partial charge < -0.3 is 25.0 Å². The lowest BCUT2D eigenvalue weighted by molar-refractivity contribution is -0.121. The maximum absolute atomic E-state index is 12.8. The van der Waals surface area contributed by atoms with E-state index in [1.807, 2.05) is 6.92 Å². The van der Waals surface area contributed by atoms with Crippen molar-refractivity contribution in [3.05, 3.63) is 47.5 Å². The summed E-state index contributed by atoms with van der Waals surface area (Å²) in [7, 11) is 3.13. The summed E-state index contributed by atoms with van der Waals surface area (Å²) in [5.74, 6) is 1.16. The van der Waals surface area contributed by atoms with Crippen LogP contribution in [0.3, 0.4) is 0 Å². The number of benzene rings is 2. The van der Waals surface area contributed by atoms with Gasteiger partial charge in [0.25, 0.3) is 0 Å². The number of nitrogens with zero attached hydrogens (tertiary/aromatic N) is 1. The highest BCUT2D eigenvalue weighted by molar-refractivity contribution is 6.30. The third-order valence-corrected chi connectivity index (χ3v) is 5.96. The first kappa shape index (κ1) is 22.7. The molecule has 1 fully saturated rings. The van der Waals surface area contributed by atoms with Crippen LogP contribution in [-0.4, -0.2) is 44.1 Å². The first-order valence-electron chi connectivity index (χ1n) is 10.3. The van der Waals surface area contributed by atoms with Crippen LogP contribution in [0.1, 0.15) is 19.8 Å². The Bertz CT molecular complexity index is 912. The van der Waals surface area contributed by atoms with Crippen molar-refractivity contribution in [2.75, 3.05) is 37.9 Å². The summed E-state index contributed by atoms with van der Waals surface area (Å²) in [6.07, 6.45) is 1.53. The fraction of sp³-hybridized carbons (Fsp3) is 0.391. The number of methoxy groups -OCH3 is 2. The maximum Gasteiger partial charge on any atom is 0.321 e. The number of halogens is 1. The van der Waals surface area contributed by atoms with Crippen LogP contribution >= 0.6 is 11.6 Å². The zero-order valence-corrected chi connectivity index (χ0v) is 18.7. The molecule has 1 atom stereocenters. The van der Waals surface area contributed by atoms with Gasteiger partial charge in [0.1, 0.15) is 11.5 Å². The zero-order chi connectivity index (χ0) is 22.4. The lowest BCUT2D eigenvalue weighted by Gasteiger charge is -2.34. The molecule has 3 rings (SSSR count). The Morgan fingerprint density at radius 3 is 2.32 bits per heavy atom. The summed E-state index contributed by atoms with van der Waals surface area (Å²) in [6, 6.07) is 12.2. The molecule has 0 spiro atoms. The van der Waals surface area contributed by atoms with Crippen molar-refractivity contribution in [1.82, 2.24) is 4.90 Å². The van der Waals surface area contributed by atoms with Crippen molar-refractivity contribution in [3.63, 3.8) is 0 Å². The highest BCUT2D eigenvalue weighted by Gasteiger charge is 2.30. The second-order valence-electron chi connectivity index (χ2n) is 7.61. The van der Waals surface area contributed by atoms with Crippen molar-refractivity contribution in [2.45, 2.75) is 19.8 Å². The Labute approximate surface area is 187 Å². The number of likely N-dealkylation sites (tertiary alicyclic amines) is 1. The van der Waals surface area contributed by atoms with Crippen LogP contribution in [0.4, 0.5) is 16.2 Å². The molecule has 1 unspecified atom stereocenters. The molecule has 2 aromatic carbocycles. The van der Waals surface area contributed by atoms with Gasteiger partial charge >= 0.3 is 6.03 Å². The molecule has 1 aliphatic heterocycles.